The molecular formula is C24H27N3O2S2. The molecule has 0 atom stereocenters. The number of hydrogen-bond acceptors (Lipinski definition) is 5. The highest BCUT2D eigenvalue weighted by atomic mass is 32.1. The van der Waals surface area contributed by atoms with Crippen LogP contribution >= 0.6 is 22.7 Å². The first-order valence-corrected chi connectivity index (χ1v) is 12.3. The van der Waals surface area contributed by atoms with Crippen LogP contribution in [0.5, 0.6) is 0 Å². The number of carbonyl (C=O) groups is 2. The second kappa shape index (κ2) is 8.93. The molecule has 0 spiro atoms. The smallest absolute Gasteiger partial charge is 0.263 e. The second-order valence-electron chi connectivity index (χ2n) is 8.90. The van der Waals surface area contributed by atoms with Gasteiger partial charge in [0.2, 0.25) is 5.91 Å². The molecule has 1 fully saturated rings. The van der Waals surface area contributed by atoms with Crippen LogP contribution in [0.2, 0.25) is 0 Å². The fourth-order valence-corrected chi connectivity index (χ4v) is 5.13. The molecule has 3 aromatic rings. The number of thiophene rings is 1. The molecule has 0 unspecified atom stereocenters. The molecule has 31 heavy (non-hydrogen) atoms. The van der Waals surface area contributed by atoms with Crippen molar-refractivity contribution in [3.05, 3.63) is 57.6 Å². The minimum Gasteiger partial charge on any atom is -0.338 e. The van der Waals surface area contributed by atoms with E-state index in [1.54, 1.807) is 0 Å². The third-order valence-corrected chi connectivity index (χ3v) is 7.28. The molecule has 0 radical (unpaired) electrons. The quantitative estimate of drug-likeness (QED) is 0.554. The van der Waals surface area contributed by atoms with Gasteiger partial charge in [-0.2, -0.15) is 0 Å². The summed E-state index contributed by atoms with van der Waals surface area (Å²) in [4.78, 5) is 32.4. The lowest BCUT2D eigenvalue weighted by Crippen LogP contribution is -2.41. The molecule has 0 saturated carbocycles. The Morgan fingerprint density at radius 3 is 2.39 bits per heavy atom. The van der Waals surface area contributed by atoms with Crippen molar-refractivity contribution in [3.8, 4) is 11.3 Å². The summed E-state index contributed by atoms with van der Waals surface area (Å²) in [5, 5.41) is 7.49. The van der Waals surface area contributed by atoms with E-state index in [2.05, 4.69) is 55.3 Å². The van der Waals surface area contributed by atoms with E-state index in [1.165, 1.54) is 28.2 Å². The summed E-state index contributed by atoms with van der Waals surface area (Å²) in [6.07, 6.45) is 1.35. The number of thiazole rings is 1. The largest absolute Gasteiger partial charge is 0.338 e. The van der Waals surface area contributed by atoms with Crippen molar-refractivity contribution in [3.63, 3.8) is 0 Å². The molecule has 162 valence electrons. The number of benzene rings is 1. The molecule has 2 aromatic heterocycles. The summed E-state index contributed by atoms with van der Waals surface area (Å²) < 4.78 is 0. The van der Waals surface area contributed by atoms with Gasteiger partial charge in [-0.15, -0.1) is 22.7 Å². The number of amides is 2. The molecule has 3 heterocycles. The van der Waals surface area contributed by atoms with Gasteiger partial charge in [0, 0.05) is 30.0 Å². The Labute approximate surface area is 191 Å². The van der Waals surface area contributed by atoms with Gasteiger partial charge in [0.25, 0.3) is 5.91 Å². The molecule has 7 heteroatoms. The molecule has 0 bridgehead atoms. The first-order valence-electron chi connectivity index (χ1n) is 10.5. The monoisotopic (exact) mass is 453 g/mol. The average molecular weight is 454 g/mol. The number of carbonyl (C=O) groups excluding carboxylic acids is 2. The zero-order chi connectivity index (χ0) is 22.0. The van der Waals surface area contributed by atoms with Gasteiger partial charge in [0.1, 0.15) is 0 Å². The zero-order valence-corrected chi connectivity index (χ0v) is 19.7. The third-order valence-electron chi connectivity index (χ3n) is 5.67. The maximum absolute atomic E-state index is 12.7. The van der Waals surface area contributed by atoms with E-state index in [-0.39, 0.29) is 23.1 Å². The molecular weight excluding hydrogens is 426 g/mol. The molecule has 1 aliphatic heterocycles. The van der Waals surface area contributed by atoms with Crippen LogP contribution in [0.3, 0.4) is 0 Å². The summed E-state index contributed by atoms with van der Waals surface area (Å²) in [7, 11) is 0. The van der Waals surface area contributed by atoms with Gasteiger partial charge in [-0.05, 0) is 35.3 Å². The van der Waals surface area contributed by atoms with Crippen LogP contribution < -0.4 is 5.32 Å². The van der Waals surface area contributed by atoms with E-state index in [4.69, 9.17) is 0 Å². The normalized spacial score (nSPS) is 15.1. The van der Waals surface area contributed by atoms with Crippen molar-refractivity contribution in [2.75, 3.05) is 18.4 Å². The highest BCUT2D eigenvalue weighted by molar-refractivity contribution is 7.14. The van der Waals surface area contributed by atoms with E-state index in [1.807, 2.05) is 27.8 Å². The highest BCUT2D eigenvalue weighted by Crippen LogP contribution is 2.29. The summed E-state index contributed by atoms with van der Waals surface area (Å²) in [6, 6.07) is 12.2. The van der Waals surface area contributed by atoms with E-state index >= 15 is 0 Å². The number of rotatable bonds is 4. The Morgan fingerprint density at radius 2 is 1.77 bits per heavy atom. The van der Waals surface area contributed by atoms with Crippen LogP contribution in [0, 0.1) is 5.92 Å². The number of hydrogen-bond donors (Lipinski definition) is 1. The molecule has 2 amide bonds. The van der Waals surface area contributed by atoms with Gasteiger partial charge >= 0.3 is 0 Å². The van der Waals surface area contributed by atoms with E-state index in [0.29, 0.717) is 31.1 Å². The predicted octanol–water partition coefficient (Wildman–Crippen LogP) is 5.66. The number of likely N-dealkylation sites (tertiary alicyclic amines) is 1. The number of nitrogens with zero attached hydrogens (tertiary/aromatic N) is 2. The lowest BCUT2D eigenvalue weighted by atomic mass is 9.86. The van der Waals surface area contributed by atoms with Crippen LogP contribution in [0.4, 0.5) is 5.13 Å². The fourth-order valence-electron chi connectivity index (χ4n) is 3.71. The van der Waals surface area contributed by atoms with E-state index < -0.39 is 0 Å². The summed E-state index contributed by atoms with van der Waals surface area (Å²) in [5.74, 6) is -0.0334. The Hall–Kier alpha value is -2.51. The molecule has 4 rings (SSSR count). The van der Waals surface area contributed by atoms with Crippen molar-refractivity contribution < 1.29 is 9.59 Å². The number of anilines is 1. The van der Waals surface area contributed by atoms with Gasteiger partial charge in [0.05, 0.1) is 10.6 Å². The van der Waals surface area contributed by atoms with Gasteiger partial charge in [-0.1, -0.05) is 51.1 Å². The van der Waals surface area contributed by atoms with E-state index in [0.717, 1.165) is 16.1 Å². The van der Waals surface area contributed by atoms with Crippen molar-refractivity contribution in [1.29, 1.82) is 0 Å². The van der Waals surface area contributed by atoms with Crippen molar-refractivity contribution in [2.45, 2.75) is 39.0 Å². The third kappa shape index (κ3) is 5.05. The SMILES string of the molecule is CC(C)(C)c1ccc(-c2csc(NC(=O)C3CCN(C(=O)c4cccs4)CC3)n2)cc1. The summed E-state index contributed by atoms with van der Waals surface area (Å²) in [5.41, 5.74) is 3.31. The molecule has 5 nitrogen and oxygen atoms in total. The number of aromatic nitrogens is 1. The summed E-state index contributed by atoms with van der Waals surface area (Å²) >= 11 is 2.90. The number of piperidine rings is 1. The van der Waals surface area contributed by atoms with Crippen molar-refractivity contribution in [2.24, 2.45) is 5.92 Å². The lowest BCUT2D eigenvalue weighted by molar-refractivity contribution is -0.121. The Kier molecular flexibility index (Phi) is 6.25. The first kappa shape index (κ1) is 21.7. The Morgan fingerprint density at radius 1 is 1.06 bits per heavy atom. The predicted molar refractivity (Wildman–Crippen MR) is 128 cm³/mol. The fraction of sp³-hybridized carbons (Fsp3) is 0.375. The standard InChI is InChI=1S/C24H27N3O2S2/c1-24(2,3)18-8-6-16(7-9-18)19-15-31-23(25-19)26-21(28)17-10-12-27(13-11-17)22(29)20-5-4-14-30-20/h4-9,14-15,17H,10-13H2,1-3H3,(H,25,26,28). The molecule has 1 aromatic carbocycles. The summed E-state index contributed by atoms with van der Waals surface area (Å²) in [6.45, 7) is 7.80. The van der Waals surface area contributed by atoms with Gasteiger partial charge in [-0.25, -0.2) is 4.98 Å². The van der Waals surface area contributed by atoms with Crippen LogP contribution in [-0.4, -0.2) is 34.8 Å². The topological polar surface area (TPSA) is 62.3 Å². The van der Waals surface area contributed by atoms with Gasteiger partial charge < -0.3 is 10.2 Å². The Balaban J connectivity index is 1.33. The minimum absolute atomic E-state index is 0.00722. The molecule has 1 aliphatic rings. The maximum Gasteiger partial charge on any atom is 0.263 e. The highest BCUT2D eigenvalue weighted by Gasteiger charge is 2.28. The van der Waals surface area contributed by atoms with E-state index in [9.17, 15) is 9.59 Å². The lowest BCUT2D eigenvalue weighted by Gasteiger charge is -2.30. The van der Waals surface area contributed by atoms with Crippen LogP contribution in [0.15, 0.2) is 47.2 Å². The maximum atomic E-state index is 12.7. The molecule has 1 saturated heterocycles. The van der Waals surface area contributed by atoms with Gasteiger partial charge in [-0.3, -0.25) is 9.59 Å². The molecule has 1 N–H and O–H groups in total. The first-order chi connectivity index (χ1) is 14.8. The molecule has 0 aliphatic carbocycles. The van der Waals surface area contributed by atoms with Gasteiger partial charge in [0.15, 0.2) is 5.13 Å². The number of nitrogens with one attached hydrogen (secondary N) is 1. The second-order valence-corrected chi connectivity index (χ2v) is 10.7. The van der Waals surface area contributed by atoms with Crippen molar-refractivity contribution in [1.82, 2.24) is 9.88 Å². The van der Waals surface area contributed by atoms with Crippen LogP contribution in [0.25, 0.3) is 11.3 Å². The average Bonchev–Trinajstić information content (AvgIpc) is 3.45. The Bertz CT molecular complexity index is 1040. The van der Waals surface area contributed by atoms with Crippen molar-refractivity contribution >= 4 is 39.6 Å². The van der Waals surface area contributed by atoms with Crippen LogP contribution in [0.1, 0.15) is 48.8 Å². The zero-order valence-electron chi connectivity index (χ0n) is 18.1. The van der Waals surface area contributed by atoms with Crippen LogP contribution in [-0.2, 0) is 10.2 Å². The minimum atomic E-state index is -0.0918.